The summed E-state index contributed by atoms with van der Waals surface area (Å²) in [6, 6.07) is 4.07. The van der Waals surface area contributed by atoms with E-state index in [9.17, 15) is 9.18 Å². The molecule has 1 aromatic carbocycles. The van der Waals surface area contributed by atoms with E-state index in [1.54, 1.807) is 6.92 Å². The third-order valence-corrected chi connectivity index (χ3v) is 2.54. The van der Waals surface area contributed by atoms with Crippen molar-refractivity contribution in [2.45, 2.75) is 6.92 Å². The van der Waals surface area contributed by atoms with E-state index in [-0.39, 0.29) is 5.69 Å². The summed E-state index contributed by atoms with van der Waals surface area (Å²) in [5.74, 6) is 0.0666. The maximum Gasteiger partial charge on any atom is 0.348 e. The molecular formula is C9H7BrFN3O. The van der Waals surface area contributed by atoms with Crippen LogP contribution in [-0.4, -0.2) is 14.8 Å². The topological polar surface area (TPSA) is 50.7 Å². The van der Waals surface area contributed by atoms with Crippen LogP contribution in [-0.2, 0) is 0 Å². The molecule has 0 saturated carbocycles. The maximum atomic E-state index is 13.0. The number of rotatable bonds is 1. The van der Waals surface area contributed by atoms with Crippen LogP contribution in [0.2, 0.25) is 0 Å². The molecule has 15 heavy (non-hydrogen) atoms. The van der Waals surface area contributed by atoms with Crippen LogP contribution in [0.1, 0.15) is 5.82 Å². The number of H-pyrrole nitrogens is 1. The number of hydrogen-bond acceptors (Lipinski definition) is 2. The first kappa shape index (κ1) is 10.1. The quantitative estimate of drug-likeness (QED) is 0.860. The Bertz CT molecular complexity index is 561. The summed E-state index contributed by atoms with van der Waals surface area (Å²) in [5.41, 5.74) is -0.0110. The van der Waals surface area contributed by atoms with Gasteiger partial charge in [0.25, 0.3) is 0 Å². The van der Waals surface area contributed by atoms with Gasteiger partial charge in [-0.3, -0.25) is 4.98 Å². The van der Waals surface area contributed by atoms with Crippen LogP contribution in [0, 0.1) is 12.7 Å². The number of aromatic nitrogens is 3. The van der Waals surface area contributed by atoms with Gasteiger partial charge in [-0.15, -0.1) is 0 Å². The number of hydrogen-bond donors (Lipinski definition) is 1. The molecule has 4 nitrogen and oxygen atoms in total. The van der Waals surface area contributed by atoms with Crippen LogP contribution in [0.4, 0.5) is 4.39 Å². The van der Waals surface area contributed by atoms with E-state index in [0.717, 1.165) is 4.68 Å². The SMILES string of the molecule is Cc1nn(-c2cc(F)ccc2Br)c(=O)[nH]1. The minimum atomic E-state index is -0.416. The summed E-state index contributed by atoms with van der Waals surface area (Å²) in [6.07, 6.45) is 0. The van der Waals surface area contributed by atoms with Crippen molar-refractivity contribution in [1.29, 1.82) is 0 Å². The van der Waals surface area contributed by atoms with Crippen molar-refractivity contribution in [1.82, 2.24) is 14.8 Å². The van der Waals surface area contributed by atoms with Gasteiger partial charge < -0.3 is 0 Å². The van der Waals surface area contributed by atoms with Crippen LogP contribution < -0.4 is 5.69 Å². The van der Waals surface area contributed by atoms with Crippen molar-refractivity contribution in [2.75, 3.05) is 0 Å². The number of aromatic amines is 1. The Hall–Kier alpha value is -1.43. The fraction of sp³-hybridized carbons (Fsp3) is 0.111. The summed E-state index contributed by atoms with van der Waals surface area (Å²) >= 11 is 3.23. The molecule has 0 atom stereocenters. The van der Waals surface area contributed by atoms with E-state index in [2.05, 4.69) is 26.0 Å². The number of halogens is 2. The summed E-state index contributed by atoms with van der Waals surface area (Å²) in [6.45, 7) is 1.66. The van der Waals surface area contributed by atoms with E-state index < -0.39 is 5.82 Å². The highest BCUT2D eigenvalue weighted by Gasteiger charge is 2.09. The van der Waals surface area contributed by atoms with Gasteiger partial charge in [-0.25, -0.2) is 9.18 Å². The molecule has 2 rings (SSSR count). The Labute approximate surface area is 92.9 Å². The van der Waals surface area contributed by atoms with Gasteiger partial charge >= 0.3 is 5.69 Å². The highest BCUT2D eigenvalue weighted by Crippen LogP contribution is 2.19. The molecule has 2 aromatic rings. The highest BCUT2D eigenvalue weighted by atomic mass is 79.9. The Morgan fingerprint density at radius 2 is 2.27 bits per heavy atom. The summed E-state index contributed by atoms with van der Waals surface area (Å²) in [4.78, 5) is 13.9. The Morgan fingerprint density at radius 1 is 1.53 bits per heavy atom. The minimum Gasteiger partial charge on any atom is -0.293 e. The van der Waals surface area contributed by atoms with Gasteiger partial charge in [0.15, 0.2) is 0 Å². The average Bonchev–Trinajstić information content (AvgIpc) is 2.50. The van der Waals surface area contributed by atoms with E-state index >= 15 is 0 Å². The Morgan fingerprint density at radius 3 is 2.87 bits per heavy atom. The zero-order valence-corrected chi connectivity index (χ0v) is 9.38. The van der Waals surface area contributed by atoms with Crippen LogP contribution in [0.15, 0.2) is 27.5 Å². The van der Waals surface area contributed by atoms with Gasteiger partial charge in [0.1, 0.15) is 11.6 Å². The van der Waals surface area contributed by atoms with E-state index in [1.165, 1.54) is 18.2 Å². The molecule has 1 N–H and O–H groups in total. The van der Waals surface area contributed by atoms with Crippen molar-refractivity contribution in [3.05, 3.63) is 44.8 Å². The second-order valence-corrected chi connectivity index (χ2v) is 3.88. The van der Waals surface area contributed by atoms with Crippen molar-refractivity contribution in [2.24, 2.45) is 0 Å². The first-order valence-electron chi connectivity index (χ1n) is 4.19. The molecule has 0 aliphatic heterocycles. The van der Waals surface area contributed by atoms with Crippen molar-refractivity contribution in [3.8, 4) is 5.69 Å². The third-order valence-electron chi connectivity index (χ3n) is 1.87. The van der Waals surface area contributed by atoms with Crippen LogP contribution >= 0.6 is 15.9 Å². The first-order chi connectivity index (χ1) is 7.08. The van der Waals surface area contributed by atoms with Crippen LogP contribution in [0.25, 0.3) is 5.69 Å². The smallest absolute Gasteiger partial charge is 0.293 e. The molecule has 1 aromatic heterocycles. The molecule has 78 valence electrons. The minimum absolute atomic E-state index is 0.379. The molecule has 0 unspecified atom stereocenters. The lowest BCUT2D eigenvalue weighted by molar-refractivity contribution is 0.624. The van der Waals surface area contributed by atoms with E-state index in [1.807, 2.05) is 0 Å². The Balaban J connectivity index is 2.68. The average molecular weight is 272 g/mol. The molecule has 0 aliphatic carbocycles. The molecule has 6 heteroatoms. The molecule has 1 heterocycles. The summed E-state index contributed by atoms with van der Waals surface area (Å²) < 4.78 is 14.7. The molecule has 0 spiro atoms. The largest absolute Gasteiger partial charge is 0.348 e. The molecule has 0 radical (unpaired) electrons. The second kappa shape index (κ2) is 3.62. The van der Waals surface area contributed by atoms with Crippen molar-refractivity contribution in [3.63, 3.8) is 0 Å². The fourth-order valence-electron chi connectivity index (χ4n) is 1.24. The Kier molecular flexibility index (Phi) is 2.44. The maximum absolute atomic E-state index is 13.0. The number of nitrogens with one attached hydrogen (secondary N) is 1. The number of benzene rings is 1. The standard InChI is InChI=1S/C9H7BrFN3O/c1-5-12-9(15)14(13-5)8-4-6(11)2-3-7(8)10/h2-4H,1H3,(H,12,13,15). The van der Waals surface area contributed by atoms with Gasteiger partial charge in [0.05, 0.1) is 5.69 Å². The van der Waals surface area contributed by atoms with Crippen LogP contribution in [0.5, 0.6) is 0 Å². The van der Waals surface area contributed by atoms with E-state index in [0.29, 0.717) is 16.0 Å². The monoisotopic (exact) mass is 271 g/mol. The highest BCUT2D eigenvalue weighted by molar-refractivity contribution is 9.10. The lowest BCUT2D eigenvalue weighted by Gasteiger charge is -2.02. The first-order valence-corrected chi connectivity index (χ1v) is 4.98. The predicted octanol–water partition coefficient (Wildman–Crippen LogP) is 1.77. The molecule has 0 bridgehead atoms. The van der Waals surface area contributed by atoms with Crippen molar-refractivity contribution >= 4 is 15.9 Å². The third kappa shape index (κ3) is 1.85. The lowest BCUT2D eigenvalue weighted by atomic mass is 10.3. The van der Waals surface area contributed by atoms with E-state index in [4.69, 9.17) is 0 Å². The zero-order chi connectivity index (χ0) is 11.0. The second-order valence-electron chi connectivity index (χ2n) is 3.02. The van der Waals surface area contributed by atoms with Gasteiger partial charge in [-0.2, -0.15) is 9.78 Å². The normalized spacial score (nSPS) is 10.6. The molecule has 0 saturated heterocycles. The number of nitrogens with zero attached hydrogens (tertiary/aromatic N) is 2. The fourth-order valence-corrected chi connectivity index (χ4v) is 1.65. The van der Waals surface area contributed by atoms with Gasteiger partial charge in [-0.1, -0.05) is 0 Å². The zero-order valence-electron chi connectivity index (χ0n) is 7.79. The lowest BCUT2D eigenvalue weighted by Crippen LogP contribution is -2.16. The predicted molar refractivity (Wildman–Crippen MR) is 56.6 cm³/mol. The van der Waals surface area contributed by atoms with Crippen LogP contribution in [0.3, 0.4) is 0 Å². The molecule has 0 fully saturated rings. The summed E-state index contributed by atoms with van der Waals surface area (Å²) in [5, 5.41) is 3.93. The van der Waals surface area contributed by atoms with Gasteiger partial charge in [0, 0.05) is 10.5 Å². The van der Waals surface area contributed by atoms with Crippen molar-refractivity contribution < 1.29 is 4.39 Å². The van der Waals surface area contributed by atoms with Gasteiger partial charge in [0.2, 0.25) is 0 Å². The van der Waals surface area contributed by atoms with Gasteiger partial charge in [-0.05, 0) is 35.0 Å². The summed E-state index contributed by atoms with van der Waals surface area (Å²) in [7, 11) is 0. The number of aryl methyl sites for hydroxylation is 1. The molecule has 0 amide bonds. The molecule has 0 aliphatic rings. The molecular weight excluding hydrogens is 265 g/mol.